The Kier molecular flexibility index (Phi) is 7.11. The molecule has 1 aliphatic rings. The SMILES string of the molecule is COc1cc(OC)c(-c2cn3ccc(-c4ccc(C(=O)NCC5CCNCC5)cc4)cc3n2)cc1Cl. The van der Waals surface area contributed by atoms with Gasteiger partial charge in [-0.05, 0) is 73.3 Å². The van der Waals surface area contributed by atoms with Gasteiger partial charge in [0.1, 0.15) is 17.1 Å². The van der Waals surface area contributed by atoms with E-state index in [2.05, 4.69) is 10.6 Å². The standard InChI is InChI=1S/C28H29ClN4O3/c1-35-25-15-26(36-2)23(29)14-22(25)24-17-33-12-9-21(13-27(33)32-24)19-3-5-20(6-4-19)28(34)31-16-18-7-10-30-11-8-18/h3-6,9,12-15,17-18,30H,7-8,10-11,16H2,1-2H3,(H,31,34). The lowest BCUT2D eigenvalue weighted by atomic mass is 9.98. The number of carbonyl (C=O) groups is 1. The molecule has 3 heterocycles. The Morgan fingerprint density at radius 3 is 2.53 bits per heavy atom. The number of hydrogen-bond acceptors (Lipinski definition) is 5. The van der Waals surface area contributed by atoms with Crippen LogP contribution in [0.25, 0.3) is 28.0 Å². The Labute approximate surface area is 215 Å². The number of piperidine rings is 1. The second-order valence-electron chi connectivity index (χ2n) is 8.97. The van der Waals surface area contributed by atoms with Crippen LogP contribution in [-0.4, -0.2) is 49.1 Å². The number of nitrogens with one attached hydrogen (secondary N) is 2. The summed E-state index contributed by atoms with van der Waals surface area (Å²) in [6.07, 6.45) is 6.12. The van der Waals surface area contributed by atoms with E-state index in [0.29, 0.717) is 28.0 Å². The molecule has 0 aliphatic carbocycles. The van der Waals surface area contributed by atoms with Crippen molar-refractivity contribution in [2.24, 2.45) is 5.92 Å². The molecule has 0 radical (unpaired) electrons. The highest BCUT2D eigenvalue weighted by atomic mass is 35.5. The summed E-state index contributed by atoms with van der Waals surface area (Å²) >= 11 is 6.36. The molecule has 7 nitrogen and oxygen atoms in total. The Morgan fingerprint density at radius 2 is 1.81 bits per heavy atom. The van der Waals surface area contributed by atoms with E-state index in [1.807, 2.05) is 53.2 Å². The summed E-state index contributed by atoms with van der Waals surface area (Å²) < 4.78 is 12.8. The third-order valence-electron chi connectivity index (χ3n) is 6.70. The molecule has 36 heavy (non-hydrogen) atoms. The summed E-state index contributed by atoms with van der Waals surface area (Å²) in [4.78, 5) is 17.4. The van der Waals surface area contributed by atoms with Crippen LogP contribution in [0.1, 0.15) is 23.2 Å². The van der Waals surface area contributed by atoms with E-state index in [-0.39, 0.29) is 5.91 Å². The predicted octanol–water partition coefficient (Wildman–Crippen LogP) is 5.07. The van der Waals surface area contributed by atoms with Crippen molar-refractivity contribution < 1.29 is 14.3 Å². The molecule has 186 valence electrons. The number of carbonyl (C=O) groups excluding carboxylic acids is 1. The number of imidazole rings is 1. The van der Waals surface area contributed by atoms with Crippen LogP contribution < -0.4 is 20.1 Å². The topological polar surface area (TPSA) is 76.9 Å². The molecule has 1 amide bonds. The van der Waals surface area contributed by atoms with Gasteiger partial charge in [0.05, 0.1) is 24.9 Å². The number of halogens is 1. The van der Waals surface area contributed by atoms with Crippen molar-refractivity contribution in [3.05, 3.63) is 71.5 Å². The Morgan fingerprint density at radius 1 is 1.06 bits per heavy atom. The summed E-state index contributed by atoms with van der Waals surface area (Å²) in [5.41, 5.74) is 5.02. The Balaban J connectivity index is 1.34. The van der Waals surface area contributed by atoms with Crippen molar-refractivity contribution in [1.82, 2.24) is 20.0 Å². The molecule has 0 bridgehead atoms. The number of hydrogen-bond donors (Lipinski definition) is 2. The van der Waals surface area contributed by atoms with Crippen molar-refractivity contribution in [3.63, 3.8) is 0 Å². The largest absolute Gasteiger partial charge is 0.496 e. The monoisotopic (exact) mass is 504 g/mol. The number of fused-ring (bicyclic) bond motifs is 1. The fourth-order valence-electron chi connectivity index (χ4n) is 4.59. The van der Waals surface area contributed by atoms with Gasteiger partial charge in [0, 0.05) is 36.1 Å². The minimum absolute atomic E-state index is 0.0273. The molecule has 0 atom stereocenters. The van der Waals surface area contributed by atoms with Crippen molar-refractivity contribution >= 4 is 23.2 Å². The molecular formula is C28H29ClN4O3. The number of aromatic nitrogens is 2. The van der Waals surface area contributed by atoms with Crippen molar-refractivity contribution in [1.29, 1.82) is 0 Å². The van der Waals surface area contributed by atoms with Crippen molar-refractivity contribution in [2.45, 2.75) is 12.8 Å². The van der Waals surface area contributed by atoms with Gasteiger partial charge in [-0.15, -0.1) is 0 Å². The zero-order valence-corrected chi connectivity index (χ0v) is 21.1. The molecule has 8 heteroatoms. The molecule has 1 fully saturated rings. The molecule has 0 unspecified atom stereocenters. The first-order valence-electron chi connectivity index (χ1n) is 12.1. The maximum absolute atomic E-state index is 12.6. The molecule has 5 rings (SSSR count). The first kappa shape index (κ1) is 24.2. The lowest BCUT2D eigenvalue weighted by Gasteiger charge is -2.22. The van der Waals surface area contributed by atoms with Gasteiger partial charge in [0.25, 0.3) is 5.91 Å². The first-order valence-corrected chi connectivity index (χ1v) is 12.4. The quantitative estimate of drug-likeness (QED) is 0.367. The van der Waals surface area contributed by atoms with Crippen LogP contribution in [0.4, 0.5) is 0 Å². The molecule has 1 aliphatic heterocycles. The number of pyridine rings is 1. The molecule has 2 N–H and O–H groups in total. The fraction of sp³-hybridized carbons (Fsp3) is 0.286. The van der Waals surface area contributed by atoms with E-state index in [4.69, 9.17) is 26.1 Å². The second-order valence-corrected chi connectivity index (χ2v) is 9.38. The summed E-state index contributed by atoms with van der Waals surface area (Å²) in [5.74, 6) is 1.70. The van der Waals surface area contributed by atoms with Crippen molar-refractivity contribution in [3.8, 4) is 33.9 Å². The smallest absolute Gasteiger partial charge is 0.251 e. The molecule has 0 spiro atoms. The molecule has 4 aromatic rings. The minimum atomic E-state index is -0.0273. The fourth-order valence-corrected chi connectivity index (χ4v) is 4.83. The number of benzene rings is 2. The zero-order chi connectivity index (χ0) is 25.1. The maximum Gasteiger partial charge on any atom is 0.251 e. The van der Waals surface area contributed by atoms with Gasteiger partial charge in [-0.2, -0.15) is 0 Å². The van der Waals surface area contributed by atoms with Crippen LogP contribution in [-0.2, 0) is 0 Å². The third kappa shape index (κ3) is 5.03. The zero-order valence-electron chi connectivity index (χ0n) is 20.4. The van der Waals surface area contributed by atoms with Crippen molar-refractivity contribution in [2.75, 3.05) is 33.9 Å². The highest BCUT2D eigenvalue weighted by Crippen LogP contribution is 2.38. The van der Waals surface area contributed by atoms with Gasteiger partial charge in [-0.3, -0.25) is 4.79 Å². The predicted molar refractivity (Wildman–Crippen MR) is 142 cm³/mol. The highest BCUT2D eigenvalue weighted by Gasteiger charge is 2.16. The Bertz CT molecular complexity index is 1380. The summed E-state index contributed by atoms with van der Waals surface area (Å²) in [6, 6.07) is 15.3. The van der Waals surface area contributed by atoms with Crippen LogP contribution in [0.3, 0.4) is 0 Å². The van der Waals surface area contributed by atoms with E-state index < -0.39 is 0 Å². The van der Waals surface area contributed by atoms with E-state index >= 15 is 0 Å². The molecule has 2 aromatic carbocycles. The molecule has 1 saturated heterocycles. The summed E-state index contributed by atoms with van der Waals surface area (Å²) in [7, 11) is 3.18. The molecular weight excluding hydrogens is 476 g/mol. The van der Waals surface area contributed by atoms with Gasteiger partial charge >= 0.3 is 0 Å². The van der Waals surface area contributed by atoms with Crippen LogP contribution in [0.5, 0.6) is 11.5 Å². The van der Waals surface area contributed by atoms with Gasteiger partial charge < -0.3 is 24.5 Å². The van der Waals surface area contributed by atoms with Gasteiger partial charge in [-0.25, -0.2) is 4.98 Å². The molecule has 0 saturated carbocycles. The summed E-state index contributed by atoms with van der Waals surface area (Å²) in [5, 5.41) is 6.93. The average molecular weight is 505 g/mol. The van der Waals surface area contributed by atoms with E-state index in [1.165, 1.54) is 0 Å². The first-order chi connectivity index (χ1) is 17.6. The van der Waals surface area contributed by atoms with E-state index in [9.17, 15) is 4.79 Å². The number of amides is 1. The number of nitrogens with zero attached hydrogens (tertiary/aromatic N) is 2. The van der Waals surface area contributed by atoms with Crippen LogP contribution >= 0.6 is 11.6 Å². The van der Waals surface area contributed by atoms with Crippen LogP contribution in [0.2, 0.25) is 5.02 Å². The average Bonchev–Trinajstić information content (AvgIpc) is 3.35. The van der Waals surface area contributed by atoms with E-state index in [1.54, 1.807) is 26.4 Å². The highest BCUT2D eigenvalue weighted by molar-refractivity contribution is 6.32. The second kappa shape index (κ2) is 10.6. The lowest BCUT2D eigenvalue weighted by molar-refractivity contribution is 0.0944. The third-order valence-corrected chi connectivity index (χ3v) is 7.00. The summed E-state index contributed by atoms with van der Waals surface area (Å²) in [6.45, 7) is 2.78. The van der Waals surface area contributed by atoms with Gasteiger partial charge in [0.2, 0.25) is 0 Å². The maximum atomic E-state index is 12.6. The number of methoxy groups -OCH3 is 2. The van der Waals surface area contributed by atoms with Crippen LogP contribution in [0.15, 0.2) is 60.9 Å². The van der Waals surface area contributed by atoms with Gasteiger partial charge in [-0.1, -0.05) is 23.7 Å². The number of ether oxygens (including phenoxy) is 2. The van der Waals surface area contributed by atoms with Gasteiger partial charge in [0.15, 0.2) is 0 Å². The van der Waals surface area contributed by atoms with Crippen LogP contribution in [0, 0.1) is 5.92 Å². The Hall–Kier alpha value is -3.55. The normalized spacial score (nSPS) is 14.1. The number of rotatable bonds is 7. The lowest BCUT2D eigenvalue weighted by Crippen LogP contribution is -2.35. The molecule has 2 aromatic heterocycles. The minimum Gasteiger partial charge on any atom is -0.496 e. The van der Waals surface area contributed by atoms with E-state index in [0.717, 1.165) is 60.5 Å².